The minimum atomic E-state index is -0.222. The first-order chi connectivity index (χ1) is 9.25. The van der Waals surface area contributed by atoms with E-state index in [0.717, 1.165) is 25.2 Å². The number of fused-ring (bicyclic) bond motifs is 1. The molecule has 3 rings (SSSR count). The Balaban J connectivity index is 1.67. The molecule has 5 heteroatoms. The number of nitrogens with zero attached hydrogens (tertiary/aromatic N) is 2. The van der Waals surface area contributed by atoms with E-state index in [1.165, 1.54) is 11.1 Å². The van der Waals surface area contributed by atoms with Crippen molar-refractivity contribution in [2.75, 3.05) is 19.6 Å². The smallest absolute Gasteiger partial charge is 0.0955 e. The van der Waals surface area contributed by atoms with Gasteiger partial charge in [-0.3, -0.25) is 0 Å². The Morgan fingerprint density at radius 3 is 3.16 bits per heavy atom. The van der Waals surface area contributed by atoms with E-state index in [1.54, 1.807) is 0 Å². The summed E-state index contributed by atoms with van der Waals surface area (Å²) in [4.78, 5) is 4.36. The van der Waals surface area contributed by atoms with Gasteiger partial charge in [0.05, 0.1) is 23.5 Å². The Morgan fingerprint density at radius 1 is 1.47 bits per heavy atom. The second kappa shape index (κ2) is 5.28. The molecule has 1 aliphatic heterocycles. The number of aliphatic hydroxyl groups is 1. The summed E-state index contributed by atoms with van der Waals surface area (Å²) < 4.78 is 2.05. The summed E-state index contributed by atoms with van der Waals surface area (Å²) in [6.45, 7) is 3.25. The summed E-state index contributed by atoms with van der Waals surface area (Å²) in [6.07, 6.45) is 1.62. The molecule has 1 aromatic heterocycles. The zero-order valence-corrected chi connectivity index (χ0v) is 11.1. The van der Waals surface area contributed by atoms with E-state index in [9.17, 15) is 5.11 Å². The monoisotopic (exact) mass is 260 g/mol. The van der Waals surface area contributed by atoms with Crippen molar-refractivity contribution in [2.24, 2.45) is 13.0 Å². The first-order valence-electron chi connectivity index (χ1n) is 6.74. The fourth-order valence-electron chi connectivity index (χ4n) is 2.76. The van der Waals surface area contributed by atoms with Gasteiger partial charge in [-0.25, -0.2) is 4.98 Å². The molecule has 1 aliphatic rings. The molecule has 0 spiro atoms. The van der Waals surface area contributed by atoms with Gasteiger partial charge >= 0.3 is 0 Å². The van der Waals surface area contributed by atoms with Crippen molar-refractivity contribution in [3.8, 4) is 0 Å². The zero-order chi connectivity index (χ0) is 13.2. The van der Waals surface area contributed by atoms with Crippen molar-refractivity contribution in [1.82, 2.24) is 20.2 Å². The molecule has 0 aliphatic carbocycles. The van der Waals surface area contributed by atoms with Gasteiger partial charge in [-0.05, 0) is 11.6 Å². The van der Waals surface area contributed by atoms with Gasteiger partial charge in [0, 0.05) is 39.1 Å². The molecule has 0 radical (unpaired) electrons. The van der Waals surface area contributed by atoms with Crippen LogP contribution in [0.2, 0.25) is 0 Å². The molecular formula is C14H20N4O. The predicted octanol–water partition coefficient (Wildman–Crippen LogP) is 0.243. The van der Waals surface area contributed by atoms with Gasteiger partial charge < -0.3 is 20.3 Å². The van der Waals surface area contributed by atoms with Crippen LogP contribution in [0.15, 0.2) is 24.5 Å². The standard InChI is InChI=1S/C14H20N4O/c1-18-9-17-12-4-2-3-10(14(12)18)5-15-6-11-7-16-8-13(11)19/h2-4,9,11,13,15-16,19H,5-8H2,1H3/t11-,13+/m1/s1. The van der Waals surface area contributed by atoms with Gasteiger partial charge in [0.2, 0.25) is 0 Å². The van der Waals surface area contributed by atoms with Gasteiger partial charge in [0.1, 0.15) is 0 Å². The molecule has 2 heterocycles. The molecule has 0 amide bonds. The van der Waals surface area contributed by atoms with Crippen molar-refractivity contribution >= 4 is 11.0 Å². The molecule has 2 atom stereocenters. The molecule has 1 saturated heterocycles. The highest BCUT2D eigenvalue weighted by atomic mass is 16.3. The minimum absolute atomic E-state index is 0.222. The van der Waals surface area contributed by atoms with Crippen LogP contribution in [0.1, 0.15) is 5.56 Å². The fourth-order valence-corrected chi connectivity index (χ4v) is 2.76. The maximum Gasteiger partial charge on any atom is 0.0955 e. The number of rotatable bonds is 4. The highest BCUT2D eigenvalue weighted by Crippen LogP contribution is 2.17. The summed E-state index contributed by atoms with van der Waals surface area (Å²) in [6, 6.07) is 6.20. The van der Waals surface area contributed by atoms with Crippen LogP contribution in [0.3, 0.4) is 0 Å². The highest BCUT2D eigenvalue weighted by molar-refractivity contribution is 5.78. The Kier molecular flexibility index (Phi) is 3.50. The molecule has 3 N–H and O–H groups in total. The lowest BCUT2D eigenvalue weighted by Crippen LogP contribution is -2.30. The number of hydrogen-bond donors (Lipinski definition) is 3. The maximum atomic E-state index is 9.75. The Morgan fingerprint density at radius 2 is 2.37 bits per heavy atom. The van der Waals surface area contributed by atoms with Crippen LogP contribution >= 0.6 is 0 Å². The van der Waals surface area contributed by atoms with E-state index in [4.69, 9.17) is 0 Å². The number of β-amino-alcohol motifs (C(OH)–C–C–N with tert-alkyl or cyclic N) is 1. The van der Waals surface area contributed by atoms with Crippen LogP contribution in [-0.4, -0.2) is 40.4 Å². The molecule has 102 valence electrons. The van der Waals surface area contributed by atoms with Crippen LogP contribution in [-0.2, 0) is 13.6 Å². The number of hydrogen-bond acceptors (Lipinski definition) is 4. The SMILES string of the molecule is Cn1cnc2cccc(CNC[C@@H]3CNC[C@@H]3O)c21. The molecule has 19 heavy (non-hydrogen) atoms. The predicted molar refractivity (Wildman–Crippen MR) is 74.8 cm³/mol. The second-order valence-electron chi connectivity index (χ2n) is 5.26. The largest absolute Gasteiger partial charge is 0.391 e. The number of aliphatic hydroxyl groups excluding tert-OH is 1. The summed E-state index contributed by atoms with van der Waals surface area (Å²) in [5.74, 6) is 0.311. The van der Waals surface area contributed by atoms with Gasteiger partial charge in [-0.15, -0.1) is 0 Å². The number of benzene rings is 1. The van der Waals surface area contributed by atoms with E-state index in [1.807, 2.05) is 25.5 Å². The summed E-state index contributed by atoms with van der Waals surface area (Å²) in [5.41, 5.74) is 3.46. The van der Waals surface area contributed by atoms with Gasteiger partial charge in [0.25, 0.3) is 0 Å². The van der Waals surface area contributed by atoms with Crippen LogP contribution in [0, 0.1) is 5.92 Å². The number of imidazole rings is 1. The summed E-state index contributed by atoms with van der Waals surface area (Å²) >= 11 is 0. The van der Waals surface area contributed by atoms with Crippen molar-refractivity contribution in [1.29, 1.82) is 0 Å². The molecule has 0 bridgehead atoms. The molecule has 0 saturated carbocycles. The topological polar surface area (TPSA) is 62.1 Å². The van der Waals surface area contributed by atoms with Gasteiger partial charge in [-0.1, -0.05) is 12.1 Å². The van der Waals surface area contributed by atoms with Crippen LogP contribution in [0.25, 0.3) is 11.0 Å². The number of para-hydroxylation sites is 1. The number of aromatic nitrogens is 2. The van der Waals surface area contributed by atoms with Gasteiger partial charge in [0.15, 0.2) is 0 Å². The van der Waals surface area contributed by atoms with Crippen molar-refractivity contribution in [3.05, 3.63) is 30.1 Å². The van der Waals surface area contributed by atoms with E-state index in [0.29, 0.717) is 12.5 Å². The lowest BCUT2D eigenvalue weighted by Gasteiger charge is -2.14. The number of nitrogens with one attached hydrogen (secondary N) is 2. The van der Waals surface area contributed by atoms with E-state index < -0.39 is 0 Å². The molecule has 1 fully saturated rings. The van der Waals surface area contributed by atoms with Gasteiger partial charge in [-0.2, -0.15) is 0 Å². The number of aryl methyl sites for hydroxylation is 1. The third-order valence-corrected chi connectivity index (χ3v) is 3.85. The van der Waals surface area contributed by atoms with Crippen LogP contribution in [0.4, 0.5) is 0 Å². The normalized spacial score (nSPS) is 23.3. The molecule has 0 unspecified atom stereocenters. The van der Waals surface area contributed by atoms with Crippen LogP contribution in [0.5, 0.6) is 0 Å². The summed E-state index contributed by atoms with van der Waals surface area (Å²) in [7, 11) is 2.02. The molecular weight excluding hydrogens is 240 g/mol. The van der Waals surface area contributed by atoms with Crippen LogP contribution < -0.4 is 10.6 Å². The van der Waals surface area contributed by atoms with E-state index in [-0.39, 0.29) is 6.10 Å². The summed E-state index contributed by atoms with van der Waals surface area (Å²) in [5, 5.41) is 16.4. The molecule has 1 aromatic carbocycles. The van der Waals surface area contributed by atoms with E-state index >= 15 is 0 Å². The first-order valence-corrected chi connectivity index (χ1v) is 6.74. The van der Waals surface area contributed by atoms with E-state index in [2.05, 4.69) is 26.3 Å². The second-order valence-corrected chi connectivity index (χ2v) is 5.26. The lowest BCUT2D eigenvalue weighted by molar-refractivity contribution is 0.146. The lowest BCUT2D eigenvalue weighted by atomic mass is 10.1. The average molecular weight is 260 g/mol. The Hall–Kier alpha value is -1.43. The zero-order valence-electron chi connectivity index (χ0n) is 11.1. The van der Waals surface area contributed by atoms with Crippen molar-refractivity contribution in [3.63, 3.8) is 0 Å². The Labute approximate surface area is 112 Å². The first kappa shape index (κ1) is 12.6. The maximum absolute atomic E-state index is 9.75. The molecule has 2 aromatic rings. The fraction of sp³-hybridized carbons (Fsp3) is 0.500. The minimum Gasteiger partial charge on any atom is -0.391 e. The third kappa shape index (κ3) is 2.49. The van der Waals surface area contributed by atoms with Crippen molar-refractivity contribution in [2.45, 2.75) is 12.6 Å². The highest BCUT2D eigenvalue weighted by Gasteiger charge is 2.24. The quantitative estimate of drug-likeness (QED) is 0.737. The van der Waals surface area contributed by atoms with Crippen molar-refractivity contribution < 1.29 is 5.11 Å². The third-order valence-electron chi connectivity index (χ3n) is 3.85. The molecule has 5 nitrogen and oxygen atoms in total. The average Bonchev–Trinajstić information content (AvgIpc) is 2.98. The Bertz CT molecular complexity index is 566.